The lowest BCUT2D eigenvalue weighted by Crippen LogP contribution is -2.57. The summed E-state index contributed by atoms with van der Waals surface area (Å²) in [6.45, 7) is 3.96. The number of benzene rings is 3. The van der Waals surface area contributed by atoms with Crippen LogP contribution in [0.25, 0.3) is 6.08 Å². The van der Waals surface area contributed by atoms with Crippen LogP contribution in [-0.2, 0) is 9.59 Å². The zero-order chi connectivity index (χ0) is 23.7. The van der Waals surface area contributed by atoms with Crippen LogP contribution in [0.5, 0.6) is 5.75 Å². The molecule has 0 saturated carbocycles. The molecule has 0 N–H and O–H groups in total. The van der Waals surface area contributed by atoms with Crippen molar-refractivity contribution < 1.29 is 14.3 Å². The van der Waals surface area contributed by atoms with E-state index in [1.54, 1.807) is 30.3 Å². The summed E-state index contributed by atoms with van der Waals surface area (Å²) >= 11 is 11.9. The van der Waals surface area contributed by atoms with E-state index in [0.717, 1.165) is 11.1 Å². The number of rotatable bonds is 4. The lowest BCUT2D eigenvalue weighted by Gasteiger charge is -2.36. The minimum absolute atomic E-state index is 0.0214. The normalized spacial score (nSPS) is 15.4. The Bertz CT molecular complexity index is 1300. The van der Waals surface area contributed by atoms with E-state index < -0.39 is 11.8 Å². The second kappa shape index (κ2) is 9.17. The van der Waals surface area contributed by atoms with Gasteiger partial charge >= 0.3 is 0 Å². The molecule has 0 aliphatic carbocycles. The number of aryl methyl sites for hydroxylation is 2. The molecule has 0 atom stereocenters. The first-order valence-corrected chi connectivity index (χ1v) is 11.0. The quantitative estimate of drug-likeness (QED) is 0.275. The predicted octanol–water partition coefficient (Wildman–Crippen LogP) is 5.71. The number of methoxy groups -OCH3 is 1. The molecule has 1 fully saturated rings. The molecule has 0 spiro atoms. The molecule has 7 heteroatoms. The molecule has 5 nitrogen and oxygen atoms in total. The summed E-state index contributed by atoms with van der Waals surface area (Å²) in [4.78, 5) is 29.9. The van der Waals surface area contributed by atoms with Gasteiger partial charge in [0, 0.05) is 0 Å². The standard InChI is InChI=1S/C26H21ClN2O3S/c1-16-9-11-20(13-17(16)2)29-25(31)21(14-18-10-12-23(32-3)22(27)15-18)24(30)28(26(29)33)19-7-5-4-6-8-19/h4-15H,1-3H3/b21-14+. The third-order valence-electron chi connectivity index (χ3n) is 5.50. The van der Waals surface area contributed by atoms with Crippen molar-refractivity contribution in [3.8, 4) is 5.75 Å². The summed E-state index contributed by atoms with van der Waals surface area (Å²) in [5.74, 6) is -0.487. The number of nitrogens with zero attached hydrogens (tertiary/aromatic N) is 2. The fraction of sp³-hybridized carbons (Fsp3) is 0.115. The van der Waals surface area contributed by atoms with Crippen molar-refractivity contribution in [2.45, 2.75) is 13.8 Å². The lowest BCUT2D eigenvalue weighted by atomic mass is 10.0. The Morgan fingerprint density at radius 2 is 1.52 bits per heavy atom. The van der Waals surface area contributed by atoms with Gasteiger partial charge in [-0.3, -0.25) is 19.4 Å². The Hall–Kier alpha value is -3.48. The van der Waals surface area contributed by atoms with E-state index in [2.05, 4.69) is 0 Å². The van der Waals surface area contributed by atoms with E-state index in [-0.39, 0.29) is 10.7 Å². The van der Waals surface area contributed by atoms with Crippen LogP contribution in [0.4, 0.5) is 11.4 Å². The van der Waals surface area contributed by atoms with Gasteiger partial charge in [-0.1, -0.05) is 41.9 Å². The third kappa shape index (κ3) is 4.27. The fourth-order valence-corrected chi connectivity index (χ4v) is 4.21. The number of hydrogen-bond acceptors (Lipinski definition) is 4. The van der Waals surface area contributed by atoms with Gasteiger partial charge in [-0.2, -0.15) is 0 Å². The molecule has 3 aromatic carbocycles. The van der Waals surface area contributed by atoms with E-state index in [4.69, 9.17) is 28.6 Å². The molecule has 2 amide bonds. The second-order valence-electron chi connectivity index (χ2n) is 7.62. The van der Waals surface area contributed by atoms with Crippen molar-refractivity contribution in [1.82, 2.24) is 0 Å². The zero-order valence-electron chi connectivity index (χ0n) is 18.3. The summed E-state index contributed by atoms with van der Waals surface area (Å²) in [6.07, 6.45) is 1.53. The van der Waals surface area contributed by atoms with E-state index in [1.165, 1.54) is 23.0 Å². The number of amides is 2. The molecule has 0 radical (unpaired) electrons. The summed E-state index contributed by atoms with van der Waals surface area (Å²) in [7, 11) is 1.52. The second-order valence-corrected chi connectivity index (χ2v) is 8.39. The lowest BCUT2D eigenvalue weighted by molar-refractivity contribution is -0.120. The highest BCUT2D eigenvalue weighted by atomic mass is 35.5. The molecular formula is C26H21ClN2O3S. The SMILES string of the molecule is COc1ccc(/C=C2\C(=O)N(c3ccccc3)C(=S)N(c3ccc(C)c(C)c3)C2=O)cc1Cl. The molecule has 0 aromatic heterocycles. The van der Waals surface area contributed by atoms with Crippen LogP contribution in [0.2, 0.25) is 5.02 Å². The van der Waals surface area contributed by atoms with E-state index in [0.29, 0.717) is 27.7 Å². The van der Waals surface area contributed by atoms with Gasteiger partial charge in [0.2, 0.25) is 0 Å². The minimum Gasteiger partial charge on any atom is -0.495 e. The highest BCUT2D eigenvalue weighted by Crippen LogP contribution is 2.32. The topological polar surface area (TPSA) is 49.9 Å². The molecule has 0 bridgehead atoms. The van der Waals surface area contributed by atoms with Crippen molar-refractivity contribution in [3.63, 3.8) is 0 Å². The van der Waals surface area contributed by atoms with Crippen LogP contribution in [0, 0.1) is 13.8 Å². The molecule has 166 valence electrons. The van der Waals surface area contributed by atoms with Crippen LogP contribution in [0.3, 0.4) is 0 Å². The van der Waals surface area contributed by atoms with Crippen LogP contribution < -0.4 is 14.5 Å². The van der Waals surface area contributed by atoms with E-state index >= 15 is 0 Å². The number of hydrogen-bond donors (Lipinski definition) is 0. The summed E-state index contributed by atoms with van der Waals surface area (Å²) in [5, 5.41) is 0.480. The summed E-state index contributed by atoms with van der Waals surface area (Å²) in [6, 6.07) is 19.7. The van der Waals surface area contributed by atoms with Gasteiger partial charge in [0.25, 0.3) is 11.8 Å². The van der Waals surface area contributed by atoms with Gasteiger partial charge in [0.1, 0.15) is 11.3 Å². The number of para-hydroxylation sites is 1. The number of carbonyl (C=O) groups is 2. The van der Waals surface area contributed by atoms with Crippen molar-refractivity contribution in [2.75, 3.05) is 16.9 Å². The van der Waals surface area contributed by atoms with Crippen molar-refractivity contribution in [1.29, 1.82) is 0 Å². The third-order valence-corrected chi connectivity index (χ3v) is 6.16. The Morgan fingerprint density at radius 3 is 2.12 bits per heavy atom. The van der Waals surface area contributed by atoms with E-state index in [1.807, 2.05) is 50.2 Å². The maximum Gasteiger partial charge on any atom is 0.270 e. The smallest absolute Gasteiger partial charge is 0.270 e. The minimum atomic E-state index is -0.497. The van der Waals surface area contributed by atoms with Gasteiger partial charge in [0.05, 0.1) is 23.5 Å². The number of thiocarbonyl (C=S) groups is 1. The van der Waals surface area contributed by atoms with E-state index in [9.17, 15) is 9.59 Å². The molecule has 1 aliphatic heterocycles. The number of ether oxygens (including phenoxy) is 1. The first kappa shape index (κ1) is 22.7. The zero-order valence-corrected chi connectivity index (χ0v) is 19.9. The molecule has 4 rings (SSSR count). The monoisotopic (exact) mass is 476 g/mol. The Kier molecular flexibility index (Phi) is 6.31. The van der Waals surface area contributed by atoms with Crippen LogP contribution in [0.15, 0.2) is 72.3 Å². The summed E-state index contributed by atoms with van der Waals surface area (Å²) < 4.78 is 5.20. The average Bonchev–Trinajstić information content (AvgIpc) is 2.80. The maximum absolute atomic E-state index is 13.6. The highest BCUT2D eigenvalue weighted by molar-refractivity contribution is 7.81. The highest BCUT2D eigenvalue weighted by Gasteiger charge is 2.41. The van der Waals surface area contributed by atoms with Gasteiger partial charge in [0.15, 0.2) is 5.11 Å². The van der Waals surface area contributed by atoms with Gasteiger partial charge in [-0.25, -0.2) is 0 Å². The Balaban J connectivity index is 1.87. The molecule has 1 saturated heterocycles. The number of anilines is 2. The largest absolute Gasteiger partial charge is 0.495 e. The van der Waals surface area contributed by atoms with Crippen molar-refractivity contribution in [2.24, 2.45) is 0 Å². The van der Waals surface area contributed by atoms with Crippen LogP contribution >= 0.6 is 23.8 Å². The Morgan fingerprint density at radius 1 is 0.848 bits per heavy atom. The van der Waals surface area contributed by atoms with Crippen LogP contribution in [-0.4, -0.2) is 24.0 Å². The maximum atomic E-state index is 13.6. The Labute approximate surface area is 202 Å². The molecule has 1 heterocycles. The van der Waals surface area contributed by atoms with Crippen LogP contribution in [0.1, 0.15) is 16.7 Å². The fourth-order valence-electron chi connectivity index (χ4n) is 3.57. The summed E-state index contributed by atoms with van der Waals surface area (Å²) in [5.41, 5.74) is 3.85. The number of halogens is 1. The molecule has 0 unspecified atom stereocenters. The van der Waals surface area contributed by atoms with Crippen molar-refractivity contribution >= 4 is 58.2 Å². The van der Waals surface area contributed by atoms with Gasteiger partial charge in [-0.05, 0) is 85.2 Å². The van der Waals surface area contributed by atoms with Crippen molar-refractivity contribution in [3.05, 3.63) is 94.0 Å². The van der Waals surface area contributed by atoms with Gasteiger partial charge < -0.3 is 4.74 Å². The molecular weight excluding hydrogens is 456 g/mol. The number of carbonyl (C=O) groups excluding carboxylic acids is 2. The molecule has 33 heavy (non-hydrogen) atoms. The molecule has 1 aliphatic rings. The predicted molar refractivity (Wildman–Crippen MR) is 136 cm³/mol. The average molecular weight is 477 g/mol. The first-order chi connectivity index (χ1) is 15.8. The molecule has 3 aromatic rings. The van der Waals surface area contributed by atoms with Gasteiger partial charge in [-0.15, -0.1) is 0 Å². The first-order valence-electron chi connectivity index (χ1n) is 10.2.